The van der Waals surface area contributed by atoms with Crippen LogP contribution in [0.4, 0.5) is 0 Å². The zero-order valence-electron chi connectivity index (χ0n) is 25.3. The van der Waals surface area contributed by atoms with E-state index in [9.17, 15) is 19.8 Å². The summed E-state index contributed by atoms with van der Waals surface area (Å²) in [5.74, 6) is 1.27. The minimum atomic E-state index is -1.45. The number of aryl methyl sites for hydroxylation is 2. The first-order valence-electron chi connectivity index (χ1n) is 16.3. The van der Waals surface area contributed by atoms with Gasteiger partial charge in [0.15, 0.2) is 12.6 Å². The van der Waals surface area contributed by atoms with Crippen LogP contribution in [-0.4, -0.2) is 22.8 Å². The predicted molar refractivity (Wildman–Crippen MR) is 164 cm³/mol. The summed E-state index contributed by atoms with van der Waals surface area (Å²) in [5.41, 5.74) is 2.31. The van der Waals surface area contributed by atoms with E-state index in [0.717, 1.165) is 60.8 Å². The largest absolute Gasteiger partial charge is 0.457 e. The number of benzene rings is 2. The average Bonchev–Trinajstić information content (AvgIpc) is 2.96. The average molecular weight is 563 g/mol. The first kappa shape index (κ1) is 31.4. The van der Waals surface area contributed by atoms with E-state index in [-0.39, 0.29) is 12.8 Å². The number of fused-ring (bicyclic) bond motifs is 2. The van der Waals surface area contributed by atoms with Gasteiger partial charge in [-0.3, -0.25) is 9.59 Å². The third-order valence-electron chi connectivity index (χ3n) is 9.18. The van der Waals surface area contributed by atoms with E-state index in [0.29, 0.717) is 35.2 Å². The van der Waals surface area contributed by atoms with Crippen LogP contribution in [0, 0.1) is 0 Å². The molecule has 2 aromatic rings. The van der Waals surface area contributed by atoms with Gasteiger partial charge < -0.3 is 14.9 Å². The molecule has 4 rings (SSSR count). The second-order valence-corrected chi connectivity index (χ2v) is 12.4. The lowest BCUT2D eigenvalue weighted by atomic mass is 9.70. The number of hydrogen-bond acceptors (Lipinski definition) is 5. The van der Waals surface area contributed by atoms with Crippen LogP contribution in [0.2, 0.25) is 0 Å². The van der Waals surface area contributed by atoms with Gasteiger partial charge >= 0.3 is 0 Å². The Kier molecular flexibility index (Phi) is 11.2. The minimum absolute atomic E-state index is 0.239. The van der Waals surface area contributed by atoms with Gasteiger partial charge in [0.2, 0.25) is 0 Å². The minimum Gasteiger partial charge on any atom is -0.457 e. The van der Waals surface area contributed by atoms with Gasteiger partial charge in [-0.1, -0.05) is 103 Å². The van der Waals surface area contributed by atoms with Crippen LogP contribution in [0.15, 0.2) is 24.3 Å². The zero-order chi connectivity index (χ0) is 29.3. The fourth-order valence-corrected chi connectivity index (χ4v) is 6.76. The number of unbranched alkanes of at least 4 members (excludes halogenated alkanes) is 12. The lowest BCUT2D eigenvalue weighted by Crippen LogP contribution is -2.42. The Bertz CT molecular complexity index is 1100. The van der Waals surface area contributed by atoms with Crippen molar-refractivity contribution < 1.29 is 24.5 Å². The maximum absolute atomic E-state index is 11.8. The van der Waals surface area contributed by atoms with Crippen LogP contribution in [0.5, 0.6) is 11.5 Å². The summed E-state index contributed by atoms with van der Waals surface area (Å²) in [4.78, 5) is 23.7. The van der Waals surface area contributed by atoms with Crippen molar-refractivity contribution in [2.24, 2.45) is 0 Å². The number of aliphatic hydroxyl groups is 2. The number of aldehydes is 2. The van der Waals surface area contributed by atoms with Crippen molar-refractivity contribution in [1.29, 1.82) is 0 Å². The number of carbonyl (C=O) groups excluding carboxylic acids is 2. The second kappa shape index (κ2) is 14.6. The molecule has 0 aromatic heterocycles. The number of ether oxygens (including phenoxy) is 1. The summed E-state index contributed by atoms with van der Waals surface area (Å²) in [6.07, 6.45) is 20.4. The molecule has 2 aliphatic carbocycles. The van der Waals surface area contributed by atoms with Crippen LogP contribution in [-0.2, 0) is 46.5 Å². The SMILES string of the molecule is CCCCCCCCCc1ccc(Oc2ccc(CCCCCCCCC)c3c2CC3(O)C=O)c2c1C(O)(C=O)C2. The van der Waals surface area contributed by atoms with E-state index >= 15 is 0 Å². The van der Waals surface area contributed by atoms with Crippen LogP contribution in [0.1, 0.15) is 137 Å². The first-order valence-corrected chi connectivity index (χ1v) is 16.3. The normalized spacial score (nSPS) is 20.5. The molecule has 0 heterocycles. The quantitative estimate of drug-likeness (QED) is 0.126. The van der Waals surface area contributed by atoms with Crippen LogP contribution in [0.3, 0.4) is 0 Å². The van der Waals surface area contributed by atoms with Gasteiger partial charge in [0, 0.05) is 35.1 Å². The van der Waals surface area contributed by atoms with Crippen molar-refractivity contribution in [1.82, 2.24) is 0 Å². The molecule has 2 atom stereocenters. The molecule has 41 heavy (non-hydrogen) atoms. The molecule has 0 aliphatic heterocycles. The fraction of sp³-hybridized carbons (Fsp3) is 0.611. The molecule has 0 fully saturated rings. The van der Waals surface area contributed by atoms with Gasteiger partial charge in [-0.05, 0) is 48.9 Å². The maximum Gasteiger partial charge on any atom is 0.156 e. The summed E-state index contributed by atoms with van der Waals surface area (Å²) in [7, 11) is 0. The monoisotopic (exact) mass is 562 g/mol. The summed E-state index contributed by atoms with van der Waals surface area (Å²) >= 11 is 0. The van der Waals surface area contributed by atoms with E-state index in [1.807, 2.05) is 24.3 Å². The third kappa shape index (κ3) is 7.11. The van der Waals surface area contributed by atoms with Crippen molar-refractivity contribution in [3.63, 3.8) is 0 Å². The second-order valence-electron chi connectivity index (χ2n) is 12.4. The Hall–Kier alpha value is -2.50. The van der Waals surface area contributed by atoms with Gasteiger partial charge in [0.05, 0.1) is 0 Å². The molecule has 224 valence electrons. The molecule has 5 nitrogen and oxygen atoms in total. The standard InChI is InChI=1S/C36H50O5/c1-3-5-7-9-11-13-15-17-27-19-21-31(29-23-35(39,25-37)33(27)29)41-32-22-20-28(18-16-14-12-10-8-6-4-2)34-30(32)24-36(34,40)26-38/h19-22,25-26,39-40H,3-18,23-24H2,1-2H3. The number of carbonyl (C=O) groups is 2. The molecule has 2 aromatic carbocycles. The highest BCUT2D eigenvalue weighted by molar-refractivity contribution is 5.77. The van der Waals surface area contributed by atoms with Gasteiger partial charge in [-0.25, -0.2) is 0 Å². The molecule has 0 spiro atoms. The highest BCUT2D eigenvalue weighted by atomic mass is 16.5. The Labute approximate surface area is 246 Å². The summed E-state index contributed by atoms with van der Waals surface area (Å²) in [5, 5.41) is 21.9. The summed E-state index contributed by atoms with van der Waals surface area (Å²) in [6, 6.07) is 7.87. The van der Waals surface area contributed by atoms with Gasteiger partial charge in [-0.15, -0.1) is 0 Å². The maximum atomic E-state index is 11.8. The van der Waals surface area contributed by atoms with E-state index in [1.165, 1.54) is 64.2 Å². The van der Waals surface area contributed by atoms with E-state index in [4.69, 9.17) is 4.74 Å². The smallest absolute Gasteiger partial charge is 0.156 e. The van der Waals surface area contributed by atoms with E-state index in [2.05, 4.69) is 13.8 Å². The summed E-state index contributed by atoms with van der Waals surface area (Å²) < 4.78 is 6.40. The molecule has 0 bridgehead atoms. The lowest BCUT2D eigenvalue weighted by molar-refractivity contribution is -0.127. The van der Waals surface area contributed by atoms with Gasteiger partial charge in [-0.2, -0.15) is 0 Å². The van der Waals surface area contributed by atoms with Gasteiger partial charge in [0.1, 0.15) is 22.7 Å². The Morgan fingerprint density at radius 3 is 1.34 bits per heavy atom. The molecule has 2 unspecified atom stereocenters. The summed E-state index contributed by atoms with van der Waals surface area (Å²) in [6.45, 7) is 4.45. The Balaban J connectivity index is 1.45. The predicted octanol–water partition coefficient (Wildman–Crippen LogP) is 7.95. The zero-order valence-corrected chi connectivity index (χ0v) is 25.3. The topological polar surface area (TPSA) is 83.8 Å². The number of rotatable bonds is 20. The van der Waals surface area contributed by atoms with E-state index in [1.54, 1.807) is 0 Å². The highest BCUT2D eigenvalue weighted by Crippen LogP contribution is 2.50. The van der Waals surface area contributed by atoms with Crippen molar-refractivity contribution in [2.45, 2.75) is 141 Å². The van der Waals surface area contributed by atoms with Crippen molar-refractivity contribution in [2.75, 3.05) is 0 Å². The van der Waals surface area contributed by atoms with Crippen molar-refractivity contribution in [3.05, 3.63) is 57.6 Å². The van der Waals surface area contributed by atoms with Crippen LogP contribution in [0.25, 0.3) is 0 Å². The third-order valence-corrected chi connectivity index (χ3v) is 9.18. The van der Waals surface area contributed by atoms with Crippen molar-refractivity contribution in [3.8, 4) is 11.5 Å². The van der Waals surface area contributed by atoms with Crippen LogP contribution < -0.4 is 4.74 Å². The molecule has 2 aliphatic rings. The number of hydrogen-bond donors (Lipinski definition) is 2. The Morgan fingerprint density at radius 1 is 0.610 bits per heavy atom. The molecule has 2 N–H and O–H groups in total. The van der Waals surface area contributed by atoms with Crippen molar-refractivity contribution >= 4 is 12.6 Å². The molecule has 5 heteroatoms. The molecule has 0 saturated heterocycles. The molecule has 0 saturated carbocycles. The molecule has 0 amide bonds. The molecular formula is C36H50O5. The Morgan fingerprint density at radius 2 is 0.976 bits per heavy atom. The lowest BCUT2D eigenvalue weighted by Gasteiger charge is -2.40. The fourth-order valence-electron chi connectivity index (χ4n) is 6.76. The first-order chi connectivity index (χ1) is 19.9. The van der Waals surface area contributed by atoms with Gasteiger partial charge in [0.25, 0.3) is 0 Å². The molecule has 0 radical (unpaired) electrons. The van der Waals surface area contributed by atoms with E-state index < -0.39 is 11.2 Å². The highest BCUT2D eigenvalue weighted by Gasteiger charge is 2.47. The molecular weight excluding hydrogens is 512 g/mol. The van der Waals surface area contributed by atoms with Crippen LogP contribution >= 0.6 is 0 Å².